The first-order valence-electron chi connectivity index (χ1n) is 9.44. The zero-order valence-corrected chi connectivity index (χ0v) is 18.4. The fourth-order valence-corrected chi connectivity index (χ4v) is 3.72. The van der Waals surface area contributed by atoms with E-state index in [2.05, 4.69) is 6.58 Å². The highest BCUT2D eigenvalue weighted by atomic mass is 31.1. The molecule has 28 heavy (non-hydrogen) atoms. The Hall–Kier alpha value is -2.27. The van der Waals surface area contributed by atoms with Gasteiger partial charge in [0.25, 0.3) is 5.30 Å². The average molecular weight is 413 g/mol. The number of carbonyl (C=O) groups excluding carboxylic acids is 1. The summed E-state index contributed by atoms with van der Waals surface area (Å²) < 4.78 is 42.1. The van der Waals surface area contributed by atoms with E-state index < -0.39 is 13.3 Å². The molecule has 0 N–H and O–H groups in total. The van der Waals surface area contributed by atoms with Crippen LogP contribution in [0.4, 0.5) is 0 Å². The van der Waals surface area contributed by atoms with Crippen LogP contribution in [0.15, 0.2) is 12.2 Å². The third-order valence-electron chi connectivity index (χ3n) is 3.45. The quantitative estimate of drug-likeness (QED) is 0.353. The molecule has 156 valence electrons. The van der Waals surface area contributed by atoms with Crippen LogP contribution in [0.3, 0.4) is 0 Å². The number of ether oxygens (including phenoxy) is 5. The van der Waals surface area contributed by atoms with Crippen LogP contribution in [0.1, 0.15) is 41.5 Å². The van der Waals surface area contributed by atoms with Crippen LogP contribution in [0.5, 0.6) is 28.7 Å². The van der Waals surface area contributed by atoms with Crippen molar-refractivity contribution < 1.29 is 33.0 Å². The van der Waals surface area contributed by atoms with Crippen molar-refractivity contribution in [1.29, 1.82) is 0 Å². The summed E-state index contributed by atoms with van der Waals surface area (Å²) in [6, 6.07) is 0. The van der Waals surface area contributed by atoms with Gasteiger partial charge in [-0.3, -0.25) is 0 Å². The van der Waals surface area contributed by atoms with Crippen molar-refractivity contribution in [2.24, 2.45) is 0 Å². The van der Waals surface area contributed by atoms with Crippen LogP contribution >= 0.6 is 7.80 Å². The maximum Gasteiger partial charge on any atom is 0.466 e. The van der Waals surface area contributed by atoms with Gasteiger partial charge in [0.15, 0.2) is 0 Å². The Bertz CT molecular complexity index is 691. The lowest BCUT2D eigenvalue weighted by Gasteiger charge is -2.21. The van der Waals surface area contributed by atoms with Crippen LogP contribution < -0.4 is 29.0 Å². The largest absolute Gasteiger partial charge is 0.487 e. The zero-order valence-electron chi connectivity index (χ0n) is 17.5. The number of benzene rings is 1. The first-order chi connectivity index (χ1) is 13.4. The van der Waals surface area contributed by atoms with Crippen LogP contribution in [0.2, 0.25) is 0 Å². The van der Waals surface area contributed by atoms with Gasteiger partial charge in [-0.1, -0.05) is 11.1 Å². The second kappa shape index (κ2) is 11.5. The maximum atomic E-state index is 13.2. The topological polar surface area (TPSA) is 80.3 Å². The first-order valence-corrected chi connectivity index (χ1v) is 10.7. The highest BCUT2D eigenvalue weighted by molar-refractivity contribution is 7.72. The Labute approximate surface area is 167 Å². The van der Waals surface area contributed by atoms with E-state index in [4.69, 9.17) is 23.7 Å². The number of allylic oxidation sites excluding steroid dienone is 1. The molecule has 1 aromatic carbocycles. The molecule has 1 aromatic rings. The zero-order chi connectivity index (χ0) is 21.3. The number of carbonyl (C=O) groups is 1. The van der Waals surface area contributed by atoms with Gasteiger partial charge in [-0.25, -0.2) is 4.79 Å². The summed E-state index contributed by atoms with van der Waals surface area (Å²) in [5, 5.41) is 0.0991. The molecule has 0 radical (unpaired) electrons. The highest BCUT2D eigenvalue weighted by Crippen LogP contribution is 2.53. The molecule has 0 fully saturated rings. The van der Waals surface area contributed by atoms with E-state index in [1.807, 2.05) is 6.92 Å². The fraction of sp³-hybridized carbons (Fsp3) is 0.550. The van der Waals surface area contributed by atoms with Crippen molar-refractivity contribution >= 4 is 18.6 Å². The van der Waals surface area contributed by atoms with E-state index in [0.29, 0.717) is 25.6 Å². The molecule has 0 aliphatic heterocycles. The summed E-state index contributed by atoms with van der Waals surface area (Å²) in [7, 11) is -2.57. The summed E-state index contributed by atoms with van der Waals surface area (Å²) in [6.45, 7) is 15.6. The van der Waals surface area contributed by atoms with Crippen LogP contribution in [0, 0.1) is 0 Å². The summed E-state index contributed by atoms with van der Waals surface area (Å²) in [5.74, 6) is 1.11. The van der Waals surface area contributed by atoms with Gasteiger partial charge in [-0.05, 0) is 41.5 Å². The Kier molecular flexibility index (Phi) is 9.80. The molecule has 7 nitrogen and oxygen atoms in total. The highest BCUT2D eigenvalue weighted by Gasteiger charge is 2.45. The summed E-state index contributed by atoms with van der Waals surface area (Å²) in [5.41, 5.74) is -0.415. The maximum absolute atomic E-state index is 13.2. The van der Waals surface area contributed by atoms with Gasteiger partial charge >= 0.3 is 13.3 Å². The van der Waals surface area contributed by atoms with Crippen LogP contribution in [-0.2, 0) is 9.36 Å². The smallest absolute Gasteiger partial charge is 0.466 e. The van der Waals surface area contributed by atoms with Crippen LogP contribution in [-0.4, -0.2) is 38.6 Å². The van der Waals surface area contributed by atoms with Crippen LogP contribution in [0.25, 0.3) is 0 Å². The van der Waals surface area contributed by atoms with E-state index >= 15 is 0 Å². The molecule has 0 saturated heterocycles. The third kappa shape index (κ3) is 5.16. The first kappa shape index (κ1) is 23.8. The van der Waals surface area contributed by atoms with Crippen molar-refractivity contribution in [2.75, 3.05) is 33.0 Å². The molecule has 1 unspecified atom stereocenters. The molecule has 1 rings (SSSR count). The van der Waals surface area contributed by atoms with Gasteiger partial charge in [0, 0.05) is 5.57 Å². The second-order valence-corrected chi connectivity index (χ2v) is 6.98. The lowest BCUT2D eigenvalue weighted by atomic mass is 10.2. The number of hydrogen-bond donors (Lipinski definition) is 0. The third-order valence-corrected chi connectivity index (χ3v) is 5.01. The lowest BCUT2D eigenvalue weighted by Crippen LogP contribution is -2.18. The van der Waals surface area contributed by atoms with Crippen molar-refractivity contribution in [2.45, 2.75) is 41.5 Å². The van der Waals surface area contributed by atoms with Crippen molar-refractivity contribution in [1.82, 2.24) is 0 Å². The predicted octanol–water partition coefficient (Wildman–Crippen LogP) is 4.24. The summed E-state index contributed by atoms with van der Waals surface area (Å²) in [6.07, 6.45) is 0. The lowest BCUT2D eigenvalue weighted by molar-refractivity contribution is -0.108. The molecule has 0 saturated carbocycles. The molecule has 8 heteroatoms. The molecule has 0 aliphatic carbocycles. The molecular weight excluding hydrogens is 383 g/mol. The molecule has 1 atom stereocenters. The van der Waals surface area contributed by atoms with E-state index in [1.54, 1.807) is 27.7 Å². The van der Waals surface area contributed by atoms with Gasteiger partial charge in [0.2, 0.25) is 28.7 Å². The summed E-state index contributed by atoms with van der Waals surface area (Å²) >= 11 is 0. The molecule has 0 bridgehead atoms. The Morgan fingerprint density at radius 3 is 1.29 bits per heavy atom. The van der Waals surface area contributed by atoms with Gasteiger partial charge in [0.1, 0.15) is 0 Å². The van der Waals surface area contributed by atoms with E-state index in [9.17, 15) is 9.36 Å². The monoisotopic (exact) mass is 413 g/mol. The van der Waals surface area contributed by atoms with Gasteiger partial charge in [-0.2, -0.15) is 0 Å². The molecule has 0 heterocycles. The number of hydrogen-bond acceptors (Lipinski definition) is 7. The predicted molar refractivity (Wildman–Crippen MR) is 109 cm³/mol. The summed E-state index contributed by atoms with van der Waals surface area (Å²) in [4.78, 5) is 12.5. The van der Waals surface area contributed by atoms with Gasteiger partial charge in [-0.15, -0.1) is 0 Å². The standard InChI is InChI=1S/C20H30O7P/c1-8-23-14-15(24-9-2)17(26-11-4)19(28(22)20(21)13(6)7)18(27-12-5)16(14)25-10-3/h6,8-12H2,1-5,7H3/q+1. The Morgan fingerprint density at radius 2 is 1.00 bits per heavy atom. The minimum absolute atomic E-state index is 0.0991. The molecule has 0 aromatic heterocycles. The number of rotatable bonds is 13. The minimum atomic E-state index is -2.57. The van der Waals surface area contributed by atoms with E-state index in [0.717, 1.165) is 0 Å². The normalized spacial score (nSPS) is 10.9. The fourth-order valence-electron chi connectivity index (χ4n) is 2.47. The van der Waals surface area contributed by atoms with Gasteiger partial charge < -0.3 is 23.7 Å². The van der Waals surface area contributed by atoms with Crippen molar-refractivity contribution in [3.8, 4) is 28.7 Å². The molecular formula is C20H30O7P+. The second-order valence-electron chi connectivity index (χ2n) is 5.54. The average Bonchev–Trinajstić information content (AvgIpc) is 2.66. The molecule has 0 aliphatic rings. The minimum Gasteiger partial charge on any atom is -0.487 e. The molecule has 0 spiro atoms. The van der Waals surface area contributed by atoms with E-state index in [-0.39, 0.29) is 47.1 Å². The Balaban J connectivity index is 4.02. The SMILES string of the molecule is C=C(C)C(=O)[P+](=O)c1c(OCC)c(OCC)c(OCC)c(OCC)c1OCC. The van der Waals surface area contributed by atoms with E-state index in [1.165, 1.54) is 6.92 Å². The van der Waals surface area contributed by atoms with Crippen molar-refractivity contribution in [3.05, 3.63) is 12.2 Å². The van der Waals surface area contributed by atoms with Gasteiger partial charge in [0.05, 0.1) is 33.0 Å². The Morgan fingerprint density at radius 1 is 0.714 bits per heavy atom. The van der Waals surface area contributed by atoms with Crippen molar-refractivity contribution in [3.63, 3.8) is 0 Å². The molecule has 0 amide bonds.